The minimum atomic E-state index is -0.269. The van der Waals surface area contributed by atoms with Crippen LogP contribution >= 0.6 is 11.6 Å². The van der Waals surface area contributed by atoms with Crippen molar-refractivity contribution in [3.05, 3.63) is 46.6 Å². The van der Waals surface area contributed by atoms with Crippen LogP contribution in [0.5, 0.6) is 0 Å². The van der Waals surface area contributed by atoms with Gasteiger partial charge in [0.05, 0.1) is 0 Å². The third kappa shape index (κ3) is 2.90. The lowest BCUT2D eigenvalue weighted by Gasteiger charge is -2.24. The molecule has 0 unspecified atom stereocenters. The molecule has 0 aliphatic rings. The summed E-state index contributed by atoms with van der Waals surface area (Å²) in [6, 6.07) is 6.46. The third-order valence-electron chi connectivity index (χ3n) is 3.12. The molecule has 1 aromatic carbocycles. The first kappa shape index (κ1) is 14.7. The lowest BCUT2D eigenvalue weighted by atomic mass is 10.2. The lowest BCUT2D eigenvalue weighted by molar-refractivity contribution is 0.627. The van der Waals surface area contributed by atoms with E-state index < -0.39 is 0 Å². The highest BCUT2D eigenvalue weighted by molar-refractivity contribution is 6.30. The summed E-state index contributed by atoms with van der Waals surface area (Å²) in [4.78, 5) is 10.7. The van der Waals surface area contributed by atoms with Gasteiger partial charge in [0.15, 0.2) is 0 Å². The zero-order valence-electron chi connectivity index (χ0n) is 11.8. The summed E-state index contributed by atoms with van der Waals surface area (Å²) >= 11 is 6.17. The highest BCUT2D eigenvalue weighted by Crippen LogP contribution is 2.29. The third-order valence-corrected chi connectivity index (χ3v) is 3.48. The second-order valence-corrected chi connectivity index (χ2v) is 4.81. The number of hydrogen-bond acceptors (Lipinski definition) is 3. The monoisotopic (exact) mass is 293 g/mol. The number of aromatic nitrogens is 2. The van der Waals surface area contributed by atoms with Gasteiger partial charge in [0.25, 0.3) is 0 Å². The number of benzene rings is 1. The number of anilines is 2. The van der Waals surface area contributed by atoms with Gasteiger partial charge in [-0.1, -0.05) is 24.6 Å². The Balaban J connectivity index is 2.54. The van der Waals surface area contributed by atoms with Crippen molar-refractivity contribution in [1.82, 2.24) is 9.97 Å². The normalized spacial score (nSPS) is 10.7. The molecule has 3 nitrogen and oxygen atoms in total. The summed E-state index contributed by atoms with van der Waals surface area (Å²) in [7, 11) is 0. The highest BCUT2D eigenvalue weighted by atomic mass is 35.5. The molecule has 0 atom stereocenters. The summed E-state index contributed by atoms with van der Waals surface area (Å²) in [5.41, 5.74) is 1.56. The van der Waals surface area contributed by atoms with Crippen LogP contribution in [0.15, 0.2) is 24.3 Å². The first-order chi connectivity index (χ1) is 9.56. The van der Waals surface area contributed by atoms with Gasteiger partial charge in [-0.2, -0.15) is 0 Å². The molecule has 2 aromatic rings. The summed E-state index contributed by atoms with van der Waals surface area (Å²) in [5.74, 6) is 1.15. The fourth-order valence-corrected chi connectivity index (χ4v) is 2.22. The van der Waals surface area contributed by atoms with E-state index in [0.717, 1.165) is 17.1 Å². The van der Waals surface area contributed by atoms with E-state index in [1.165, 1.54) is 12.1 Å². The molecule has 20 heavy (non-hydrogen) atoms. The van der Waals surface area contributed by atoms with Gasteiger partial charge in [-0.05, 0) is 32.0 Å². The zero-order chi connectivity index (χ0) is 14.7. The Morgan fingerprint density at radius 1 is 1.25 bits per heavy atom. The number of hydrogen-bond donors (Lipinski definition) is 0. The molecule has 0 aliphatic heterocycles. The minimum Gasteiger partial charge on any atom is -0.326 e. The molecule has 0 N–H and O–H groups in total. The molecule has 0 aliphatic carbocycles. The molecule has 1 heterocycles. The maximum absolute atomic E-state index is 13.4. The number of aryl methyl sites for hydroxylation is 1. The van der Waals surface area contributed by atoms with Crippen molar-refractivity contribution >= 4 is 23.1 Å². The quantitative estimate of drug-likeness (QED) is 0.787. The van der Waals surface area contributed by atoms with E-state index in [0.29, 0.717) is 23.9 Å². The van der Waals surface area contributed by atoms with Crippen LogP contribution in [0.4, 0.5) is 15.9 Å². The van der Waals surface area contributed by atoms with E-state index >= 15 is 0 Å². The van der Waals surface area contributed by atoms with E-state index in [2.05, 4.69) is 9.97 Å². The van der Waals surface area contributed by atoms with Crippen molar-refractivity contribution in [2.24, 2.45) is 0 Å². The Morgan fingerprint density at radius 2 is 2.00 bits per heavy atom. The average molecular weight is 294 g/mol. The molecule has 0 saturated heterocycles. The molecule has 1 aromatic heterocycles. The molecule has 0 spiro atoms. The van der Waals surface area contributed by atoms with Gasteiger partial charge in [-0.25, -0.2) is 14.4 Å². The first-order valence-corrected chi connectivity index (χ1v) is 7.00. The second kappa shape index (κ2) is 6.18. The van der Waals surface area contributed by atoms with E-state index in [1.807, 2.05) is 31.7 Å². The largest absolute Gasteiger partial charge is 0.326 e. The topological polar surface area (TPSA) is 29.0 Å². The van der Waals surface area contributed by atoms with Crippen molar-refractivity contribution in [2.45, 2.75) is 27.2 Å². The van der Waals surface area contributed by atoms with Crippen molar-refractivity contribution in [3.63, 3.8) is 0 Å². The predicted octanol–water partition coefficient (Wildman–Crippen LogP) is 4.30. The molecular formula is C15H17ClFN3. The molecular weight excluding hydrogens is 277 g/mol. The highest BCUT2D eigenvalue weighted by Gasteiger charge is 2.16. The second-order valence-electron chi connectivity index (χ2n) is 4.46. The van der Waals surface area contributed by atoms with Crippen LogP contribution in [0.2, 0.25) is 5.15 Å². The summed E-state index contributed by atoms with van der Waals surface area (Å²) in [6.45, 7) is 6.51. The summed E-state index contributed by atoms with van der Waals surface area (Å²) < 4.78 is 13.4. The smallest absolute Gasteiger partial charge is 0.141 e. The van der Waals surface area contributed by atoms with Gasteiger partial charge in [-0.3, -0.25) is 0 Å². The van der Waals surface area contributed by atoms with Crippen LogP contribution in [0.1, 0.15) is 25.2 Å². The van der Waals surface area contributed by atoms with E-state index in [9.17, 15) is 4.39 Å². The Hall–Kier alpha value is -1.68. The first-order valence-electron chi connectivity index (χ1n) is 6.62. The Bertz CT molecular complexity index is 616. The van der Waals surface area contributed by atoms with Crippen LogP contribution in [0.25, 0.3) is 0 Å². The molecule has 0 saturated carbocycles. The Kier molecular flexibility index (Phi) is 4.55. The summed E-state index contributed by atoms with van der Waals surface area (Å²) in [6.07, 6.45) is 0.702. The zero-order valence-corrected chi connectivity index (χ0v) is 12.6. The summed E-state index contributed by atoms with van der Waals surface area (Å²) in [5, 5.41) is 0.446. The van der Waals surface area contributed by atoms with Gasteiger partial charge in [0, 0.05) is 24.2 Å². The molecule has 0 bridgehead atoms. The fraction of sp³-hybridized carbons (Fsp3) is 0.333. The minimum absolute atomic E-state index is 0.269. The number of nitrogens with zero attached hydrogens (tertiary/aromatic N) is 3. The SMILES string of the molecule is CCc1nc(Cl)c(C)c(N(CC)c2cccc(F)c2)n1. The lowest BCUT2D eigenvalue weighted by Crippen LogP contribution is -2.20. The van der Waals surface area contributed by atoms with Crippen molar-refractivity contribution < 1.29 is 4.39 Å². The fourth-order valence-electron chi connectivity index (χ4n) is 2.04. The number of rotatable bonds is 4. The molecule has 106 valence electrons. The molecule has 5 heteroatoms. The van der Waals surface area contributed by atoms with E-state index in [-0.39, 0.29) is 5.82 Å². The van der Waals surface area contributed by atoms with Gasteiger partial charge in [0.2, 0.25) is 0 Å². The van der Waals surface area contributed by atoms with Crippen LogP contribution in [-0.2, 0) is 6.42 Å². The predicted molar refractivity (Wildman–Crippen MR) is 80.2 cm³/mol. The maximum Gasteiger partial charge on any atom is 0.141 e. The van der Waals surface area contributed by atoms with E-state index in [4.69, 9.17) is 11.6 Å². The molecule has 0 fully saturated rings. The van der Waals surface area contributed by atoms with Crippen molar-refractivity contribution in [1.29, 1.82) is 0 Å². The standard InChI is InChI=1S/C15H17ClFN3/c1-4-13-18-14(16)10(3)15(19-13)20(5-2)12-8-6-7-11(17)9-12/h6-9H,4-5H2,1-3H3. The maximum atomic E-state index is 13.4. The van der Waals surface area contributed by atoms with Crippen LogP contribution in [-0.4, -0.2) is 16.5 Å². The average Bonchev–Trinajstić information content (AvgIpc) is 2.44. The van der Waals surface area contributed by atoms with E-state index in [1.54, 1.807) is 6.07 Å². The van der Waals surface area contributed by atoms with Crippen LogP contribution in [0, 0.1) is 12.7 Å². The van der Waals surface area contributed by atoms with Gasteiger partial charge < -0.3 is 4.90 Å². The van der Waals surface area contributed by atoms with Crippen molar-refractivity contribution in [2.75, 3.05) is 11.4 Å². The van der Waals surface area contributed by atoms with Crippen LogP contribution < -0.4 is 4.90 Å². The van der Waals surface area contributed by atoms with Gasteiger partial charge in [0.1, 0.15) is 22.6 Å². The van der Waals surface area contributed by atoms with Crippen molar-refractivity contribution in [3.8, 4) is 0 Å². The molecule has 0 radical (unpaired) electrons. The van der Waals surface area contributed by atoms with Gasteiger partial charge >= 0.3 is 0 Å². The Labute approximate surface area is 123 Å². The molecule has 0 amide bonds. The molecule has 2 rings (SSSR count). The number of halogens is 2. The Morgan fingerprint density at radius 3 is 2.60 bits per heavy atom. The van der Waals surface area contributed by atoms with Gasteiger partial charge in [-0.15, -0.1) is 0 Å². The van der Waals surface area contributed by atoms with Crippen LogP contribution in [0.3, 0.4) is 0 Å².